The monoisotopic (exact) mass is 892 g/mol. The van der Waals surface area contributed by atoms with E-state index in [1.165, 1.54) is 116 Å². The number of nitrogens with one attached hydrogen (secondary N) is 1. The molecule has 0 radical (unpaired) electrons. The van der Waals surface area contributed by atoms with Crippen molar-refractivity contribution in [1.82, 2.24) is 5.32 Å². The third-order valence-corrected chi connectivity index (χ3v) is 12.8. The van der Waals surface area contributed by atoms with Crippen LogP contribution in [0.4, 0.5) is 0 Å². The second-order valence-corrected chi connectivity index (χ2v) is 18.3. The Morgan fingerprint density at radius 3 is 1.37 bits per heavy atom. The standard InChI is InChI=1S/C48H93NO13/c1-3-5-7-9-11-12-13-14-15-16-17-18-19-20-21-22-23-24-25-26-28-30-32-40(53)49-36(37(52)31-29-27-10-8-6-4-2)35-59-47-45(58)43(56)46(39(34-51)61-47)62-48-44(57)42(55)41(54)38(33-50)60-48/h36-39,41-48,50-52,54-58H,3-35H2,1-2H3,(H,49,53). The minimum atomic E-state index is -1.78. The first-order chi connectivity index (χ1) is 30.1. The first-order valence-electron chi connectivity index (χ1n) is 25.3. The van der Waals surface area contributed by atoms with Gasteiger partial charge in [0.2, 0.25) is 5.91 Å². The highest BCUT2D eigenvalue weighted by atomic mass is 16.7. The van der Waals surface area contributed by atoms with E-state index in [-0.39, 0.29) is 12.5 Å². The lowest BCUT2D eigenvalue weighted by atomic mass is 9.97. The predicted molar refractivity (Wildman–Crippen MR) is 240 cm³/mol. The molecule has 2 rings (SSSR count). The molecular weight excluding hydrogens is 799 g/mol. The largest absolute Gasteiger partial charge is 0.394 e. The van der Waals surface area contributed by atoms with Gasteiger partial charge in [0.05, 0.1) is 32.0 Å². The van der Waals surface area contributed by atoms with Crippen molar-refractivity contribution in [2.75, 3.05) is 19.8 Å². The molecule has 0 aliphatic carbocycles. The molecule has 2 fully saturated rings. The van der Waals surface area contributed by atoms with Crippen LogP contribution in [0.2, 0.25) is 0 Å². The van der Waals surface area contributed by atoms with Crippen LogP contribution in [0, 0.1) is 0 Å². The molecule has 2 aliphatic heterocycles. The number of hydrogen-bond acceptors (Lipinski definition) is 13. The van der Waals surface area contributed by atoms with Crippen LogP contribution in [-0.2, 0) is 23.7 Å². The molecule has 2 saturated heterocycles. The van der Waals surface area contributed by atoms with Crippen LogP contribution in [0.15, 0.2) is 0 Å². The zero-order chi connectivity index (χ0) is 45.4. The highest BCUT2D eigenvalue weighted by Crippen LogP contribution is 2.30. The molecule has 12 atom stereocenters. The summed E-state index contributed by atoms with van der Waals surface area (Å²) in [4.78, 5) is 13.1. The van der Waals surface area contributed by atoms with E-state index in [4.69, 9.17) is 18.9 Å². The predicted octanol–water partition coefficient (Wildman–Crippen LogP) is 6.22. The second-order valence-electron chi connectivity index (χ2n) is 18.3. The quantitative estimate of drug-likeness (QED) is 0.0313. The first-order valence-corrected chi connectivity index (χ1v) is 25.3. The van der Waals surface area contributed by atoms with E-state index >= 15 is 0 Å². The number of carbonyl (C=O) groups excluding carboxylic acids is 1. The van der Waals surface area contributed by atoms with E-state index in [0.717, 1.165) is 64.2 Å². The van der Waals surface area contributed by atoms with Crippen LogP contribution in [0.5, 0.6) is 0 Å². The summed E-state index contributed by atoms with van der Waals surface area (Å²) < 4.78 is 22.6. The third kappa shape index (κ3) is 23.4. The average molecular weight is 892 g/mol. The summed E-state index contributed by atoms with van der Waals surface area (Å²) >= 11 is 0. The van der Waals surface area contributed by atoms with Crippen molar-refractivity contribution in [3.05, 3.63) is 0 Å². The van der Waals surface area contributed by atoms with Gasteiger partial charge in [0.1, 0.15) is 48.8 Å². The summed E-state index contributed by atoms with van der Waals surface area (Å²) in [6.45, 7) is 2.79. The number of ether oxygens (including phenoxy) is 4. The number of unbranched alkanes of at least 4 members (excludes halogenated alkanes) is 26. The van der Waals surface area contributed by atoms with Crippen molar-refractivity contribution in [3.63, 3.8) is 0 Å². The van der Waals surface area contributed by atoms with Gasteiger partial charge < -0.3 is 65.1 Å². The van der Waals surface area contributed by atoms with Crippen molar-refractivity contribution in [3.8, 4) is 0 Å². The smallest absolute Gasteiger partial charge is 0.220 e. The molecule has 0 bridgehead atoms. The number of rotatable bonds is 39. The molecule has 14 heteroatoms. The molecule has 0 spiro atoms. The first kappa shape index (κ1) is 57.1. The highest BCUT2D eigenvalue weighted by Gasteiger charge is 2.51. The molecular formula is C48H93NO13. The Morgan fingerprint density at radius 2 is 0.919 bits per heavy atom. The lowest BCUT2D eigenvalue weighted by Crippen LogP contribution is -2.65. The summed E-state index contributed by atoms with van der Waals surface area (Å²) in [7, 11) is 0. The maximum atomic E-state index is 13.1. The lowest BCUT2D eigenvalue weighted by Gasteiger charge is -2.46. The molecule has 62 heavy (non-hydrogen) atoms. The minimum Gasteiger partial charge on any atom is -0.394 e. The molecule has 0 aromatic carbocycles. The van der Waals surface area contributed by atoms with Gasteiger partial charge in [0.25, 0.3) is 0 Å². The number of hydrogen-bond donors (Lipinski definition) is 9. The molecule has 368 valence electrons. The van der Waals surface area contributed by atoms with Crippen LogP contribution in [0.1, 0.15) is 206 Å². The molecule has 1 amide bonds. The normalized spacial score (nSPS) is 27.6. The Bertz CT molecular complexity index is 1060. The van der Waals surface area contributed by atoms with Crippen LogP contribution >= 0.6 is 0 Å². The zero-order valence-corrected chi connectivity index (χ0v) is 38.9. The average Bonchev–Trinajstić information content (AvgIpc) is 3.27. The van der Waals surface area contributed by atoms with E-state index in [1.807, 2.05) is 0 Å². The maximum absolute atomic E-state index is 13.1. The Kier molecular flexibility index (Phi) is 33.3. The van der Waals surface area contributed by atoms with Crippen LogP contribution in [0.3, 0.4) is 0 Å². The van der Waals surface area contributed by atoms with Crippen molar-refractivity contribution in [2.45, 2.75) is 280 Å². The highest BCUT2D eigenvalue weighted by molar-refractivity contribution is 5.76. The molecule has 0 aromatic heterocycles. The van der Waals surface area contributed by atoms with E-state index in [9.17, 15) is 45.6 Å². The van der Waals surface area contributed by atoms with Gasteiger partial charge in [-0.2, -0.15) is 0 Å². The van der Waals surface area contributed by atoms with Gasteiger partial charge >= 0.3 is 0 Å². The van der Waals surface area contributed by atoms with E-state index in [2.05, 4.69) is 19.2 Å². The molecule has 12 unspecified atom stereocenters. The van der Waals surface area contributed by atoms with Gasteiger partial charge in [-0.1, -0.05) is 187 Å². The fourth-order valence-electron chi connectivity index (χ4n) is 8.65. The van der Waals surface area contributed by atoms with Gasteiger partial charge in [-0.15, -0.1) is 0 Å². The van der Waals surface area contributed by atoms with Gasteiger partial charge in [0.15, 0.2) is 12.6 Å². The summed E-state index contributed by atoms with van der Waals surface area (Å²) in [5.74, 6) is -0.208. The Hall–Kier alpha value is -1.01. The fourth-order valence-corrected chi connectivity index (χ4v) is 8.65. The fraction of sp³-hybridized carbons (Fsp3) is 0.979. The third-order valence-electron chi connectivity index (χ3n) is 12.8. The van der Waals surface area contributed by atoms with Crippen LogP contribution < -0.4 is 5.32 Å². The van der Waals surface area contributed by atoms with Crippen molar-refractivity contribution < 1.29 is 64.6 Å². The summed E-state index contributed by atoms with van der Waals surface area (Å²) in [6.07, 6.45) is 18.8. The molecule has 2 aliphatic rings. The summed E-state index contributed by atoms with van der Waals surface area (Å²) in [5.41, 5.74) is 0. The molecule has 14 nitrogen and oxygen atoms in total. The van der Waals surface area contributed by atoms with Gasteiger partial charge in [0, 0.05) is 6.42 Å². The van der Waals surface area contributed by atoms with Gasteiger partial charge in [-0.3, -0.25) is 4.79 Å². The van der Waals surface area contributed by atoms with Crippen LogP contribution in [-0.4, -0.2) is 140 Å². The SMILES string of the molecule is CCCCCCCCCCCCCCCCCCCCCCCCC(=O)NC(COC1OC(CO)C(OC2OC(CO)C(O)C(O)C2O)C(O)C1O)C(O)CCCCCCCC. The van der Waals surface area contributed by atoms with Crippen LogP contribution in [0.25, 0.3) is 0 Å². The Morgan fingerprint density at radius 1 is 0.516 bits per heavy atom. The number of aliphatic hydroxyl groups is 8. The van der Waals surface area contributed by atoms with Crippen molar-refractivity contribution >= 4 is 5.91 Å². The van der Waals surface area contributed by atoms with Gasteiger partial charge in [-0.05, 0) is 12.8 Å². The summed E-state index contributed by atoms with van der Waals surface area (Å²) in [5, 5.41) is 86.4. The number of aliphatic hydroxyl groups excluding tert-OH is 8. The summed E-state index contributed by atoms with van der Waals surface area (Å²) in [6, 6.07) is -0.818. The second kappa shape index (κ2) is 36.2. The lowest BCUT2D eigenvalue weighted by molar-refractivity contribution is -0.359. The molecule has 9 N–H and O–H groups in total. The maximum Gasteiger partial charge on any atom is 0.220 e. The molecule has 0 saturated carbocycles. The number of amides is 1. The van der Waals surface area contributed by atoms with Crippen molar-refractivity contribution in [2.24, 2.45) is 0 Å². The van der Waals surface area contributed by atoms with E-state index < -0.39 is 86.8 Å². The Labute approximate surface area is 374 Å². The molecule has 2 heterocycles. The topological polar surface area (TPSA) is 228 Å². The minimum absolute atomic E-state index is 0.208. The van der Waals surface area contributed by atoms with Gasteiger partial charge in [-0.25, -0.2) is 0 Å². The molecule has 0 aromatic rings. The van der Waals surface area contributed by atoms with E-state index in [1.54, 1.807) is 0 Å². The zero-order valence-electron chi connectivity index (χ0n) is 38.9. The Balaban J connectivity index is 1.69. The number of carbonyl (C=O) groups is 1. The van der Waals surface area contributed by atoms with Crippen molar-refractivity contribution in [1.29, 1.82) is 0 Å². The van der Waals surface area contributed by atoms with E-state index in [0.29, 0.717) is 12.8 Å².